The van der Waals surface area contributed by atoms with Gasteiger partial charge in [0.05, 0.1) is 23.3 Å². The SMILES string of the molecule is O=C(O)CCN1C(=O)C2C3CC(C2C1=O)C1C(c2ccc(F)cc2)c2sc(=S)[nH]c2SC31. The van der Waals surface area contributed by atoms with E-state index in [9.17, 15) is 18.8 Å². The third kappa shape index (κ3) is 2.82. The number of H-pyrrole nitrogens is 1. The summed E-state index contributed by atoms with van der Waals surface area (Å²) in [6.45, 7) is -0.0657. The molecule has 1 aromatic carbocycles. The molecule has 6 nitrogen and oxygen atoms in total. The van der Waals surface area contributed by atoms with Crippen LogP contribution >= 0.6 is 35.3 Å². The van der Waals surface area contributed by atoms with Crippen LogP contribution in [-0.4, -0.2) is 44.6 Å². The summed E-state index contributed by atoms with van der Waals surface area (Å²) in [5, 5.41) is 10.2. The summed E-state index contributed by atoms with van der Waals surface area (Å²) < 4.78 is 14.3. The number of aromatic nitrogens is 1. The first-order valence-corrected chi connectivity index (χ1v) is 12.7. The van der Waals surface area contributed by atoms with Crippen LogP contribution in [0.3, 0.4) is 0 Å². The maximum atomic E-state index is 13.7. The van der Waals surface area contributed by atoms with Gasteiger partial charge in [-0.2, -0.15) is 0 Å². The second-order valence-electron chi connectivity index (χ2n) is 8.98. The van der Waals surface area contributed by atoms with Crippen LogP contribution < -0.4 is 0 Å². The monoisotopic (exact) mass is 490 g/mol. The molecule has 7 atom stereocenters. The Hall–Kier alpha value is -2.04. The Morgan fingerprint density at radius 2 is 1.88 bits per heavy atom. The second kappa shape index (κ2) is 7.23. The molecule has 2 saturated carbocycles. The molecule has 2 aromatic rings. The van der Waals surface area contributed by atoms with Crippen LogP contribution in [0.2, 0.25) is 0 Å². The van der Waals surface area contributed by atoms with Gasteiger partial charge >= 0.3 is 5.97 Å². The van der Waals surface area contributed by atoms with E-state index in [0.717, 1.165) is 21.9 Å². The number of thioether (sulfide) groups is 1. The molecule has 166 valence electrons. The highest BCUT2D eigenvalue weighted by molar-refractivity contribution is 8.00. The molecular weight excluding hydrogens is 471 g/mol. The van der Waals surface area contributed by atoms with Crippen molar-refractivity contribution >= 4 is 53.1 Å². The summed E-state index contributed by atoms with van der Waals surface area (Å²) in [6, 6.07) is 6.55. The van der Waals surface area contributed by atoms with Crippen molar-refractivity contribution in [3.8, 4) is 0 Å². The van der Waals surface area contributed by atoms with Gasteiger partial charge in [-0.15, -0.1) is 23.1 Å². The number of halogens is 1. The number of benzene rings is 1. The van der Waals surface area contributed by atoms with Crippen molar-refractivity contribution in [1.82, 2.24) is 9.88 Å². The molecule has 7 unspecified atom stereocenters. The molecule has 3 heterocycles. The molecule has 32 heavy (non-hydrogen) atoms. The lowest BCUT2D eigenvalue weighted by molar-refractivity contribution is -0.142. The zero-order chi connectivity index (χ0) is 22.3. The van der Waals surface area contributed by atoms with Gasteiger partial charge < -0.3 is 10.1 Å². The molecular formula is C22H19FN2O4S3. The first kappa shape index (κ1) is 20.6. The number of likely N-dealkylation sites (tertiary alicyclic amines) is 1. The number of hydrogen-bond acceptors (Lipinski definition) is 6. The molecule has 4 aliphatic rings. The third-order valence-corrected chi connectivity index (χ3v) is 10.5. The fourth-order valence-electron chi connectivity index (χ4n) is 6.55. The second-order valence-corrected chi connectivity index (χ2v) is 11.9. The van der Waals surface area contributed by atoms with Crippen molar-refractivity contribution in [2.45, 2.75) is 29.0 Å². The maximum absolute atomic E-state index is 13.7. The molecule has 0 radical (unpaired) electrons. The molecule has 0 spiro atoms. The van der Waals surface area contributed by atoms with E-state index in [-0.39, 0.29) is 71.4 Å². The van der Waals surface area contributed by atoms with E-state index in [1.807, 2.05) is 12.1 Å². The van der Waals surface area contributed by atoms with Gasteiger partial charge in [0.1, 0.15) is 5.82 Å². The molecule has 2 N–H and O–H groups in total. The Bertz CT molecular complexity index is 1210. The van der Waals surface area contributed by atoms with Crippen molar-refractivity contribution < 1.29 is 23.9 Å². The lowest BCUT2D eigenvalue weighted by Gasteiger charge is -2.43. The van der Waals surface area contributed by atoms with E-state index in [4.69, 9.17) is 17.3 Å². The van der Waals surface area contributed by atoms with Crippen molar-refractivity contribution in [3.05, 3.63) is 44.5 Å². The Morgan fingerprint density at radius 1 is 1.19 bits per heavy atom. The van der Waals surface area contributed by atoms with Crippen LogP contribution in [0.4, 0.5) is 4.39 Å². The number of fused-ring (bicyclic) bond motifs is 9. The van der Waals surface area contributed by atoms with Gasteiger partial charge in [0, 0.05) is 22.6 Å². The summed E-state index contributed by atoms with van der Waals surface area (Å²) in [5.41, 5.74) is 0.997. The van der Waals surface area contributed by atoms with Crippen molar-refractivity contribution in [2.75, 3.05) is 6.54 Å². The molecule has 10 heteroatoms. The predicted molar refractivity (Wildman–Crippen MR) is 118 cm³/mol. The number of amides is 2. The van der Waals surface area contributed by atoms with Crippen LogP contribution in [0.5, 0.6) is 0 Å². The van der Waals surface area contributed by atoms with Gasteiger partial charge in [-0.25, -0.2) is 4.39 Å². The molecule has 2 amide bonds. The van der Waals surface area contributed by atoms with Crippen LogP contribution in [0, 0.1) is 39.4 Å². The Balaban J connectivity index is 1.41. The highest BCUT2D eigenvalue weighted by Crippen LogP contribution is 2.68. The topological polar surface area (TPSA) is 90.5 Å². The molecule has 1 aromatic heterocycles. The van der Waals surface area contributed by atoms with E-state index in [0.29, 0.717) is 3.95 Å². The Labute approximate surface area is 196 Å². The number of carboxylic acid groups (broad SMARTS) is 1. The molecule has 2 bridgehead atoms. The maximum Gasteiger partial charge on any atom is 0.305 e. The zero-order valence-corrected chi connectivity index (χ0v) is 19.1. The van der Waals surface area contributed by atoms with E-state index in [1.165, 1.54) is 28.4 Å². The van der Waals surface area contributed by atoms with E-state index < -0.39 is 5.97 Å². The highest BCUT2D eigenvalue weighted by atomic mass is 32.2. The Morgan fingerprint density at radius 3 is 2.56 bits per heavy atom. The quantitative estimate of drug-likeness (QED) is 0.499. The van der Waals surface area contributed by atoms with E-state index >= 15 is 0 Å². The number of carbonyl (C=O) groups excluding carboxylic acids is 2. The fourth-order valence-corrected chi connectivity index (χ4v) is 9.88. The molecule has 6 rings (SSSR count). The van der Waals surface area contributed by atoms with Crippen LogP contribution in [-0.2, 0) is 14.4 Å². The van der Waals surface area contributed by atoms with Crippen molar-refractivity contribution in [2.24, 2.45) is 29.6 Å². The highest BCUT2D eigenvalue weighted by Gasteiger charge is 2.69. The summed E-state index contributed by atoms with van der Waals surface area (Å²) in [6.07, 6.45) is 0.579. The largest absolute Gasteiger partial charge is 0.481 e. The average molecular weight is 491 g/mol. The first-order valence-electron chi connectivity index (χ1n) is 10.6. The number of rotatable bonds is 4. The average Bonchev–Trinajstić information content (AvgIpc) is 3.47. The number of aromatic amines is 1. The summed E-state index contributed by atoms with van der Waals surface area (Å²) in [5.74, 6) is -2.29. The molecule has 2 aliphatic carbocycles. The van der Waals surface area contributed by atoms with Crippen LogP contribution in [0.25, 0.3) is 0 Å². The Kier molecular flexibility index (Phi) is 4.64. The van der Waals surface area contributed by atoms with Crippen molar-refractivity contribution in [1.29, 1.82) is 0 Å². The van der Waals surface area contributed by atoms with Gasteiger partial charge in [0.25, 0.3) is 0 Å². The smallest absolute Gasteiger partial charge is 0.305 e. The normalized spacial score (nSPS) is 34.5. The van der Waals surface area contributed by atoms with Gasteiger partial charge in [-0.05, 0) is 54.1 Å². The van der Waals surface area contributed by atoms with E-state index in [1.54, 1.807) is 11.8 Å². The number of nitrogens with zero attached hydrogens (tertiary/aromatic N) is 1. The van der Waals surface area contributed by atoms with Gasteiger partial charge in [-0.1, -0.05) is 12.1 Å². The number of hydrogen-bond donors (Lipinski definition) is 2. The molecule has 3 fully saturated rings. The van der Waals surface area contributed by atoms with Crippen molar-refractivity contribution in [3.63, 3.8) is 0 Å². The minimum Gasteiger partial charge on any atom is -0.481 e. The summed E-state index contributed by atoms with van der Waals surface area (Å²) in [7, 11) is 0. The number of thiazole rings is 1. The lowest BCUT2D eigenvalue weighted by atomic mass is 9.68. The number of aliphatic carboxylic acids is 1. The number of imide groups is 1. The number of nitrogens with one attached hydrogen (secondary N) is 1. The van der Waals surface area contributed by atoms with Crippen LogP contribution in [0.1, 0.15) is 29.2 Å². The predicted octanol–water partition coefficient (Wildman–Crippen LogP) is 3.89. The summed E-state index contributed by atoms with van der Waals surface area (Å²) in [4.78, 5) is 43.0. The lowest BCUT2D eigenvalue weighted by Crippen LogP contribution is -2.42. The molecule has 1 saturated heterocycles. The van der Waals surface area contributed by atoms with Gasteiger partial charge in [0.2, 0.25) is 11.8 Å². The minimum atomic E-state index is -1.02. The van der Waals surface area contributed by atoms with E-state index in [2.05, 4.69) is 4.98 Å². The minimum absolute atomic E-state index is 0.0123. The fraction of sp³-hybridized carbons (Fsp3) is 0.455. The third-order valence-electron chi connectivity index (χ3n) is 7.59. The van der Waals surface area contributed by atoms with Gasteiger partial charge in [0.15, 0.2) is 3.95 Å². The van der Waals surface area contributed by atoms with Gasteiger partial charge in [-0.3, -0.25) is 19.3 Å². The van der Waals surface area contributed by atoms with Crippen LogP contribution in [0.15, 0.2) is 29.3 Å². The summed E-state index contributed by atoms with van der Waals surface area (Å²) >= 11 is 8.67. The number of carboxylic acids is 1. The first-order chi connectivity index (χ1) is 15.3. The number of carbonyl (C=O) groups is 3. The zero-order valence-electron chi connectivity index (χ0n) is 16.7. The molecule has 2 aliphatic heterocycles. The standard InChI is InChI=1S/C22H19FN2O4S3/c23-9-3-1-8(2-4-9)13-14-10-7-11(17(14)31-19-18(13)32-22(30)24-19)16-15(10)20(28)25(21(16)29)6-5-12(26)27/h1-4,10-11,13-17H,5-7H2,(H,24,30)(H,26,27).